The lowest BCUT2D eigenvalue weighted by atomic mass is 10.3. The number of nitrogens with two attached hydrogens (primary N) is 1. The Morgan fingerprint density at radius 1 is 1.31 bits per heavy atom. The molecule has 3 heterocycles. The fourth-order valence-corrected chi connectivity index (χ4v) is 2.44. The number of fused-ring (bicyclic) bond motifs is 1. The maximum absolute atomic E-state index is 5.91. The van der Waals surface area contributed by atoms with E-state index in [-0.39, 0.29) is 0 Å². The van der Waals surface area contributed by atoms with Crippen molar-refractivity contribution in [2.24, 2.45) is 0 Å². The highest BCUT2D eigenvalue weighted by atomic mass is 32.1. The van der Waals surface area contributed by atoms with Crippen LogP contribution in [0.15, 0.2) is 35.8 Å². The van der Waals surface area contributed by atoms with Crippen LogP contribution < -0.4 is 5.73 Å². The predicted molar refractivity (Wildman–Crippen MR) is 67.7 cm³/mol. The highest BCUT2D eigenvalue weighted by Crippen LogP contribution is 2.26. The van der Waals surface area contributed by atoms with Crippen molar-refractivity contribution in [2.45, 2.75) is 6.92 Å². The molecule has 0 bridgehead atoms. The number of nitrogen functional groups attached to an aromatic ring is 1. The highest BCUT2D eigenvalue weighted by Gasteiger charge is 2.08. The summed E-state index contributed by atoms with van der Waals surface area (Å²) in [5, 5.41) is 2.05. The number of hydrogen-bond acceptors (Lipinski definition) is 3. The predicted octanol–water partition coefficient (Wildman–Crippen LogP) is 2.95. The van der Waals surface area contributed by atoms with Gasteiger partial charge >= 0.3 is 0 Å². The average molecular weight is 229 g/mol. The van der Waals surface area contributed by atoms with Crippen molar-refractivity contribution >= 4 is 22.7 Å². The fourth-order valence-electron chi connectivity index (χ4n) is 1.76. The van der Waals surface area contributed by atoms with E-state index in [1.165, 1.54) is 4.88 Å². The van der Waals surface area contributed by atoms with Crippen LogP contribution in [0, 0.1) is 6.92 Å². The van der Waals surface area contributed by atoms with Crippen LogP contribution >= 0.6 is 11.3 Å². The maximum Gasteiger partial charge on any atom is 0.160 e. The van der Waals surface area contributed by atoms with E-state index >= 15 is 0 Å². The second-order valence-corrected chi connectivity index (χ2v) is 4.67. The van der Waals surface area contributed by atoms with E-state index in [0.717, 1.165) is 17.0 Å². The summed E-state index contributed by atoms with van der Waals surface area (Å²) in [6.45, 7) is 2.05. The van der Waals surface area contributed by atoms with Crippen molar-refractivity contribution in [3.63, 3.8) is 0 Å². The molecule has 0 aliphatic carbocycles. The van der Waals surface area contributed by atoms with Crippen LogP contribution in [0.4, 0.5) is 5.69 Å². The maximum atomic E-state index is 5.91. The molecule has 4 heteroatoms. The quantitative estimate of drug-likeness (QED) is 0.697. The molecule has 3 rings (SSSR count). The lowest BCUT2D eigenvalue weighted by Crippen LogP contribution is -1.94. The molecule has 0 atom stereocenters. The van der Waals surface area contributed by atoms with Gasteiger partial charge < -0.3 is 10.1 Å². The molecule has 0 aromatic carbocycles. The van der Waals surface area contributed by atoms with Gasteiger partial charge in [-0.15, -0.1) is 11.3 Å². The summed E-state index contributed by atoms with van der Waals surface area (Å²) in [7, 11) is 0. The fraction of sp³-hybridized carbons (Fsp3) is 0.0833. The van der Waals surface area contributed by atoms with Gasteiger partial charge in [-0.05, 0) is 30.5 Å². The molecule has 2 N–H and O–H groups in total. The molecular formula is C12H11N3S. The Morgan fingerprint density at radius 2 is 2.19 bits per heavy atom. The smallest absolute Gasteiger partial charge is 0.160 e. The number of pyridine rings is 1. The molecule has 0 aliphatic rings. The molecule has 3 aromatic heterocycles. The number of aryl methyl sites for hydroxylation is 1. The Bertz CT molecular complexity index is 599. The number of nitrogens with zero attached hydrogens (tertiary/aromatic N) is 2. The molecule has 0 saturated heterocycles. The second-order valence-electron chi connectivity index (χ2n) is 3.73. The van der Waals surface area contributed by atoms with Crippen molar-refractivity contribution in [3.8, 4) is 10.6 Å². The van der Waals surface area contributed by atoms with Crippen LogP contribution in [0.2, 0.25) is 0 Å². The molecule has 0 radical (unpaired) electrons. The van der Waals surface area contributed by atoms with Crippen LogP contribution in [0.25, 0.3) is 16.2 Å². The van der Waals surface area contributed by atoms with Gasteiger partial charge in [0.15, 0.2) is 5.65 Å². The first-order valence-corrected chi connectivity index (χ1v) is 5.92. The molecule has 3 nitrogen and oxygen atoms in total. The Morgan fingerprint density at radius 3 is 2.88 bits per heavy atom. The van der Waals surface area contributed by atoms with Crippen molar-refractivity contribution in [1.82, 2.24) is 9.38 Å². The van der Waals surface area contributed by atoms with Gasteiger partial charge in [-0.1, -0.05) is 6.07 Å². The Hall–Kier alpha value is -1.81. The summed E-state index contributed by atoms with van der Waals surface area (Å²) in [6.07, 6.45) is 2.03. The third-order valence-electron chi connectivity index (χ3n) is 2.62. The average Bonchev–Trinajstić information content (AvgIpc) is 2.90. The molecule has 0 fully saturated rings. The third kappa shape index (κ3) is 1.31. The Labute approximate surface area is 97.2 Å². The van der Waals surface area contributed by atoms with Gasteiger partial charge in [-0.3, -0.25) is 0 Å². The van der Waals surface area contributed by atoms with Gasteiger partial charge in [0.1, 0.15) is 0 Å². The Balaban J connectivity index is 2.31. The first-order valence-electron chi connectivity index (χ1n) is 5.04. The van der Waals surface area contributed by atoms with Gasteiger partial charge in [-0.25, -0.2) is 4.98 Å². The number of hydrogen-bond donors (Lipinski definition) is 1. The van der Waals surface area contributed by atoms with Gasteiger partial charge in [0.25, 0.3) is 0 Å². The minimum Gasteiger partial charge on any atom is -0.396 e. The number of anilines is 1. The molecule has 0 aliphatic heterocycles. The van der Waals surface area contributed by atoms with Crippen LogP contribution in [-0.4, -0.2) is 9.38 Å². The Kier molecular flexibility index (Phi) is 1.97. The normalized spacial score (nSPS) is 11.1. The van der Waals surface area contributed by atoms with E-state index in [1.54, 1.807) is 11.3 Å². The molecule has 80 valence electrons. The number of aromatic nitrogens is 2. The van der Waals surface area contributed by atoms with Gasteiger partial charge in [0.05, 0.1) is 16.3 Å². The van der Waals surface area contributed by atoms with Crippen LogP contribution in [0.5, 0.6) is 0 Å². The number of imidazole rings is 1. The zero-order valence-electron chi connectivity index (χ0n) is 8.84. The first kappa shape index (κ1) is 9.42. The summed E-state index contributed by atoms with van der Waals surface area (Å²) in [6, 6.07) is 8.00. The third-order valence-corrected chi connectivity index (χ3v) is 3.51. The molecule has 0 saturated carbocycles. The SMILES string of the molecule is Cc1ccc(N)c2nc(-c3cccs3)cn12. The molecule has 0 unspecified atom stereocenters. The van der Waals surface area contributed by atoms with E-state index in [1.807, 2.05) is 35.7 Å². The summed E-state index contributed by atoms with van der Waals surface area (Å²) in [5.74, 6) is 0. The second kappa shape index (κ2) is 3.35. The monoisotopic (exact) mass is 229 g/mol. The van der Waals surface area contributed by atoms with E-state index in [4.69, 9.17) is 5.73 Å². The van der Waals surface area contributed by atoms with Crippen LogP contribution in [0.3, 0.4) is 0 Å². The summed E-state index contributed by atoms with van der Waals surface area (Å²) in [5.41, 5.74) is 9.59. The molecule has 0 amide bonds. The van der Waals surface area contributed by atoms with E-state index in [9.17, 15) is 0 Å². The van der Waals surface area contributed by atoms with Crippen LogP contribution in [-0.2, 0) is 0 Å². The van der Waals surface area contributed by atoms with Crippen molar-refractivity contribution < 1.29 is 0 Å². The number of rotatable bonds is 1. The minimum atomic E-state index is 0.716. The van der Waals surface area contributed by atoms with E-state index in [0.29, 0.717) is 5.69 Å². The molecular weight excluding hydrogens is 218 g/mol. The topological polar surface area (TPSA) is 43.3 Å². The lowest BCUT2D eigenvalue weighted by Gasteiger charge is -2.00. The minimum absolute atomic E-state index is 0.716. The van der Waals surface area contributed by atoms with Gasteiger partial charge in [0.2, 0.25) is 0 Å². The summed E-state index contributed by atoms with van der Waals surface area (Å²) in [4.78, 5) is 5.73. The zero-order valence-corrected chi connectivity index (χ0v) is 9.66. The van der Waals surface area contributed by atoms with E-state index < -0.39 is 0 Å². The van der Waals surface area contributed by atoms with Crippen molar-refractivity contribution in [3.05, 3.63) is 41.5 Å². The van der Waals surface area contributed by atoms with E-state index in [2.05, 4.69) is 16.4 Å². The standard InChI is InChI=1S/C12H11N3S/c1-8-4-5-9(13)12-14-10(7-15(8)12)11-3-2-6-16-11/h2-7H,13H2,1H3. The van der Waals surface area contributed by atoms with Crippen molar-refractivity contribution in [2.75, 3.05) is 5.73 Å². The largest absolute Gasteiger partial charge is 0.396 e. The zero-order chi connectivity index (χ0) is 11.1. The summed E-state index contributed by atoms with van der Waals surface area (Å²) >= 11 is 1.69. The molecule has 3 aromatic rings. The van der Waals surface area contributed by atoms with Gasteiger partial charge in [0, 0.05) is 11.9 Å². The number of thiophene rings is 1. The molecule has 0 spiro atoms. The first-order chi connectivity index (χ1) is 7.75. The lowest BCUT2D eigenvalue weighted by molar-refractivity contribution is 1.10. The molecule has 16 heavy (non-hydrogen) atoms. The van der Waals surface area contributed by atoms with Gasteiger partial charge in [-0.2, -0.15) is 0 Å². The summed E-state index contributed by atoms with van der Waals surface area (Å²) < 4.78 is 2.03. The highest BCUT2D eigenvalue weighted by molar-refractivity contribution is 7.13. The van der Waals surface area contributed by atoms with Crippen LogP contribution in [0.1, 0.15) is 5.69 Å². The van der Waals surface area contributed by atoms with Crippen molar-refractivity contribution in [1.29, 1.82) is 0 Å².